The van der Waals surface area contributed by atoms with Crippen molar-refractivity contribution < 1.29 is 5.21 Å². The number of halogens is 1. The number of aromatic nitrogens is 2. The van der Waals surface area contributed by atoms with Crippen LogP contribution in [-0.2, 0) is 0 Å². The predicted molar refractivity (Wildman–Crippen MR) is 67.4 cm³/mol. The first-order chi connectivity index (χ1) is 7.63. The Bertz CT molecular complexity index is 588. The summed E-state index contributed by atoms with van der Waals surface area (Å²) in [6.07, 6.45) is 1.26. The lowest BCUT2D eigenvalue weighted by Gasteiger charge is -2.06. The molecule has 0 atom stereocenters. The lowest BCUT2D eigenvalue weighted by atomic mass is 9.90. The van der Waals surface area contributed by atoms with Crippen molar-refractivity contribution in [2.24, 2.45) is 5.16 Å². The minimum Gasteiger partial charge on any atom is -0.411 e. The average Bonchev–Trinajstić information content (AvgIpc) is 2.25. The summed E-state index contributed by atoms with van der Waals surface area (Å²) in [4.78, 5) is 8.23. The maximum atomic E-state index is 8.53. The van der Waals surface area contributed by atoms with E-state index in [0.717, 1.165) is 4.47 Å². The highest BCUT2D eigenvalue weighted by molar-refractivity contribution is 9.10. The van der Waals surface area contributed by atoms with E-state index >= 15 is 0 Å². The lowest BCUT2D eigenvalue weighted by molar-refractivity contribution is 0.322. The molecule has 1 aromatic carbocycles. The quantitative estimate of drug-likeness (QED) is 0.338. The van der Waals surface area contributed by atoms with E-state index in [1.807, 2.05) is 0 Å². The summed E-state index contributed by atoms with van der Waals surface area (Å²) in [5, 5.41) is 11.5. The van der Waals surface area contributed by atoms with E-state index in [9.17, 15) is 0 Å². The molecule has 74 valence electrons. The molecule has 4 radical (unpaired) electrons. The standard InChI is InChI=1S/C9H4B2BrN3O/c10-8-9(11)15-7-5(12)2-1-4(3-13-16)6(7)14-8/h1-3,16H/b13-3+. The molecule has 0 unspecified atom stereocenters. The van der Waals surface area contributed by atoms with Crippen molar-refractivity contribution >= 4 is 60.1 Å². The van der Waals surface area contributed by atoms with Crippen LogP contribution in [0.2, 0.25) is 0 Å². The Morgan fingerprint density at radius 2 is 1.81 bits per heavy atom. The van der Waals surface area contributed by atoms with Crippen LogP contribution in [-0.4, -0.2) is 37.1 Å². The van der Waals surface area contributed by atoms with Gasteiger partial charge in [0.05, 0.1) is 11.7 Å². The Balaban J connectivity index is 2.87. The summed E-state index contributed by atoms with van der Waals surface area (Å²) >= 11 is 3.33. The Labute approximate surface area is 103 Å². The molecular weight excluding hydrogens is 268 g/mol. The maximum Gasteiger partial charge on any atom is 0.143 e. The molecule has 0 spiro atoms. The van der Waals surface area contributed by atoms with Crippen LogP contribution in [0.5, 0.6) is 0 Å². The van der Waals surface area contributed by atoms with Crippen LogP contribution in [0.15, 0.2) is 21.8 Å². The number of rotatable bonds is 1. The van der Waals surface area contributed by atoms with Gasteiger partial charge in [-0.15, -0.1) is 0 Å². The van der Waals surface area contributed by atoms with Gasteiger partial charge in [-0.3, -0.25) is 9.97 Å². The molecule has 0 fully saturated rings. The summed E-state index contributed by atoms with van der Waals surface area (Å²) in [6.45, 7) is 0. The predicted octanol–water partition coefficient (Wildman–Crippen LogP) is -0.212. The number of hydrogen-bond donors (Lipinski definition) is 1. The van der Waals surface area contributed by atoms with Gasteiger partial charge in [0.2, 0.25) is 0 Å². The first-order valence-corrected chi connectivity index (χ1v) is 5.11. The van der Waals surface area contributed by atoms with Crippen LogP contribution in [0.3, 0.4) is 0 Å². The Morgan fingerprint density at radius 3 is 2.44 bits per heavy atom. The van der Waals surface area contributed by atoms with E-state index < -0.39 is 0 Å². The molecule has 0 aliphatic carbocycles. The van der Waals surface area contributed by atoms with E-state index in [2.05, 4.69) is 31.1 Å². The van der Waals surface area contributed by atoms with Crippen molar-refractivity contribution in [3.63, 3.8) is 0 Å². The second-order valence-corrected chi connectivity index (χ2v) is 3.93. The van der Waals surface area contributed by atoms with Crippen molar-refractivity contribution in [1.29, 1.82) is 0 Å². The Hall–Kier alpha value is -1.36. The zero-order valence-electron chi connectivity index (χ0n) is 8.05. The van der Waals surface area contributed by atoms with Crippen molar-refractivity contribution in [2.45, 2.75) is 0 Å². The van der Waals surface area contributed by atoms with Gasteiger partial charge in [0.25, 0.3) is 0 Å². The molecule has 0 aliphatic heterocycles. The molecule has 1 aromatic heterocycles. The van der Waals surface area contributed by atoms with Gasteiger partial charge in [0.1, 0.15) is 21.2 Å². The van der Waals surface area contributed by atoms with Crippen molar-refractivity contribution in [1.82, 2.24) is 9.97 Å². The van der Waals surface area contributed by atoms with Gasteiger partial charge in [-0.1, -0.05) is 5.16 Å². The van der Waals surface area contributed by atoms with Crippen LogP contribution < -0.4 is 11.2 Å². The van der Waals surface area contributed by atoms with Crippen LogP contribution in [0.4, 0.5) is 0 Å². The second-order valence-electron chi connectivity index (χ2n) is 3.07. The van der Waals surface area contributed by atoms with Crippen molar-refractivity contribution in [2.75, 3.05) is 0 Å². The number of fused-ring (bicyclic) bond motifs is 1. The third-order valence-electron chi connectivity index (χ3n) is 2.06. The van der Waals surface area contributed by atoms with Gasteiger partial charge < -0.3 is 5.21 Å². The smallest absolute Gasteiger partial charge is 0.143 e. The maximum absolute atomic E-state index is 8.53. The molecule has 2 aromatic rings. The summed E-state index contributed by atoms with van der Waals surface area (Å²) < 4.78 is 0.747. The number of oxime groups is 1. The fraction of sp³-hybridized carbons (Fsp3) is 0. The third-order valence-corrected chi connectivity index (χ3v) is 2.70. The zero-order valence-corrected chi connectivity index (χ0v) is 9.64. The Morgan fingerprint density at radius 1 is 1.19 bits per heavy atom. The molecule has 1 N–H and O–H groups in total. The summed E-state index contributed by atoms with van der Waals surface area (Å²) in [5.74, 6) is 0. The van der Waals surface area contributed by atoms with Gasteiger partial charge in [-0.25, -0.2) is 0 Å². The molecule has 16 heavy (non-hydrogen) atoms. The molecule has 0 bridgehead atoms. The minimum atomic E-state index is 0.151. The fourth-order valence-electron chi connectivity index (χ4n) is 1.32. The molecular formula is C9H4B2BrN3O. The van der Waals surface area contributed by atoms with E-state index in [1.165, 1.54) is 6.21 Å². The van der Waals surface area contributed by atoms with Crippen LogP contribution >= 0.6 is 15.9 Å². The topological polar surface area (TPSA) is 58.4 Å². The van der Waals surface area contributed by atoms with Crippen molar-refractivity contribution in [3.05, 3.63) is 22.2 Å². The molecule has 0 saturated heterocycles. The Kier molecular flexibility index (Phi) is 2.96. The fourth-order valence-corrected chi connectivity index (χ4v) is 1.72. The lowest BCUT2D eigenvalue weighted by Crippen LogP contribution is -2.32. The van der Waals surface area contributed by atoms with E-state index in [0.29, 0.717) is 16.6 Å². The number of benzene rings is 1. The normalized spacial score (nSPS) is 11.3. The molecule has 0 amide bonds. The molecule has 0 aliphatic rings. The van der Waals surface area contributed by atoms with Gasteiger partial charge in [-0.2, -0.15) is 0 Å². The van der Waals surface area contributed by atoms with Gasteiger partial charge >= 0.3 is 0 Å². The van der Waals surface area contributed by atoms with Crippen molar-refractivity contribution in [3.8, 4) is 0 Å². The SMILES string of the molecule is [B]c1nc2c(Br)ccc(/C=N/O)c2nc1[B]. The summed E-state index contributed by atoms with van der Waals surface area (Å²) in [5.41, 5.74) is 2.03. The first kappa shape index (κ1) is 11.1. The van der Waals surface area contributed by atoms with E-state index in [1.54, 1.807) is 12.1 Å². The average molecular weight is 272 g/mol. The van der Waals surface area contributed by atoms with Crippen LogP contribution in [0.1, 0.15) is 5.56 Å². The minimum absolute atomic E-state index is 0.151. The summed E-state index contributed by atoms with van der Waals surface area (Å²) in [6, 6.07) is 3.50. The largest absolute Gasteiger partial charge is 0.411 e. The van der Waals surface area contributed by atoms with E-state index in [-0.39, 0.29) is 11.2 Å². The first-order valence-electron chi connectivity index (χ1n) is 4.32. The van der Waals surface area contributed by atoms with Crippen LogP contribution in [0, 0.1) is 0 Å². The van der Waals surface area contributed by atoms with Crippen LogP contribution in [0.25, 0.3) is 11.0 Å². The monoisotopic (exact) mass is 271 g/mol. The molecule has 2 rings (SSSR count). The van der Waals surface area contributed by atoms with Gasteiger partial charge in [0.15, 0.2) is 0 Å². The zero-order chi connectivity index (χ0) is 11.7. The molecule has 0 saturated carbocycles. The van der Waals surface area contributed by atoms with E-state index in [4.69, 9.17) is 20.9 Å². The number of hydrogen-bond acceptors (Lipinski definition) is 4. The highest BCUT2D eigenvalue weighted by Gasteiger charge is 2.08. The second kappa shape index (κ2) is 4.25. The highest BCUT2D eigenvalue weighted by atomic mass is 79.9. The third kappa shape index (κ3) is 1.82. The van der Waals surface area contributed by atoms with Gasteiger partial charge in [-0.05, 0) is 39.2 Å². The van der Waals surface area contributed by atoms with Gasteiger partial charge in [0, 0.05) is 10.0 Å². The highest BCUT2D eigenvalue weighted by Crippen LogP contribution is 2.21. The molecule has 1 heterocycles. The molecule has 7 heteroatoms. The summed E-state index contributed by atoms with van der Waals surface area (Å²) in [7, 11) is 11.2. The molecule has 4 nitrogen and oxygen atoms in total. The number of nitrogens with zero attached hydrogens (tertiary/aromatic N) is 3.